The zero-order valence-electron chi connectivity index (χ0n) is 12.3. The molecule has 0 spiro atoms. The third-order valence-corrected chi connectivity index (χ3v) is 4.39. The average molecular weight is 410 g/mol. The van der Waals surface area contributed by atoms with E-state index >= 15 is 0 Å². The number of hydrogen-bond donors (Lipinski definition) is 1. The molecule has 1 N–H and O–H groups in total. The Kier molecular flexibility index (Phi) is 7.75. The van der Waals surface area contributed by atoms with Gasteiger partial charge in [-0.3, -0.25) is 4.99 Å². The Bertz CT molecular complexity index is 438. The van der Waals surface area contributed by atoms with Crippen LogP contribution in [0, 0.1) is 12.8 Å². The standard InChI is InChI=1S/C13H22N4OS.HI/c1-10-12(19-9-16-10)6-15-13(14-2)17-5-4-11(7-17)8-18-3;/h9,11H,4-8H2,1-3H3,(H,14,15);1H. The highest BCUT2D eigenvalue weighted by molar-refractivity contribution is 14.0. The molecule has 7 heteroatoms. The summed E-state index contributed by atoms with van der Waals surface area (Å²) in [7, 11) is 3.60. The largest absolute Gasteiger partial charge is 0.384 e. The predicted molar refractivity (Wildman–Crippen MR) is 94.0 cm³/mol. The van der Waals surface area contributed by atoms with Gasteiger partial charge in [-0.25, -0.2) is 4.98 Å². The van der Waals surface area contributed by atoms with E-state index in [9.17, 15) is 0 Å². The molecule has 114 valence electrons. The molecule has 1 aromatic rings. The van der Waals surface area contributed by atoms with Gasteiger partial charge in [0.2, 0.25) is 0 Å². The molecule has 2 rings (SSSR count). The molecule has 1 fully saturated rings. The molecule has 1 atom stereocenters. The van der Waals surface area contributed by atoms with Gasteiger partial charge >= 0.3 is 0 Å². The second kappa shape index (κ2) is 8.78. The number of aryl methyl sites for hydroxylation is 1. The van der Waals surface area contributed by atoms with Crippen molar-refractivity contribution in [3.8, 4) is 0 Å². The summed E-state index contributed by atoms with van der Waals surface area (Å²) in [5.41, 5.74) is 2.99. The van der Waals surface area contributed by atoms with Gasteiger partial charge in [0.15, 0.2) is 5.96 Å². The number of aromatic nitrogens is 1. The molecule has 1 unspecified atom stereocenters. The fraction of sp³-hybridized carbons (Fsp3) is 0.692. The third-order valence-electron chi connectivity index (χ3n) is 3.45. The van der Waals surface area contributed by atoms with Gasteiger partial charge in [-0.05, 0) is 13.3 Å². The molecule has 2 heterocycles. The fourth-order valence-corrected chi connectivity index (χ4v) is 3.10. The minimum absolute atomic E-state index is 0. The number of hydrogen-bond acceptors (Lipinski definition) is 4. The van der Waals surface area contributed by atoms with Crippen LogP contribution in [0.15, 0.2) is 10.5 Å². The van der Waals surface area contributed by atoms with Crippen molar-refractivity contribution >= 4 is 41.3 Å². The summed E-state index contributed by atoms with van der Waals surface area (Å²) in [5, 5.41) is 3.42. The van der Waals surface area contributed by atoms with Gasteiger partial charge in [-0.1, -0.05) is 0 Å². The molecule has 0 bridgehead atoms. The summed E-state index contributed by atoms with van der Waals surface area (Å²) in [6, 6.07) is 0. The molecule has 0 saturated carbocycles. The second-order valence-corrected chi connectivity index (χ2v) is 5.76. The normalized spacial score (nSPS) is 19.1. The Morgan fingerprint density at radius 1 is 1.65 bits per heavy atom. The predicted octanol–water partition coefficient (Wildman–Crippen LogP) is 2.11. The van der Waals surface area contributed by atoms with E-state index in [0.717, 1.165) is 37.9 Å². The molecule has 1 aromatic heterocycles. The van der Waals surface area contributed by atoms with Gasteiger partial charge in [-0.15, -0.1) is 35.3 Å². The maximum atomic E-state index is 5.23. The summed E-state index contributed by atoms with van der Waals surface area (Å²) in [5.74, 6) is 1.60. The van der Waals surface area contributed by atoms with Crippen molar-refractivity contribution < 1.29 is 4.74 Å². The minimum atomic E-state index is 0. The maximum absolute atomic E-state index is 5.23. The van der Waals surface area contributed by atoms with Crippen molar-refractivity contribution in [1.29, 1.82) is 0 Å². The Morgan fingerprint density at radius 3 is 3.05 bits per heavy atom. The molecule has 0 aromatic carbocycles. The minimum Gasteiger partial charge on any atom is -0.384 e. The van der Waals surface area contributed by atoms with Gasteiger partial charge in [-0.2, -0.15) is 0 Å². The van der Waals surface area contributed by atoms with E-state index in [0.29, 0.717) is 5.92 Å². The van der Waals surface area contributed by atoms with Crippen molar-refractivity contribution in [2.75, 3.05) is 33.9 Å². The highest BCUT2D eigenvalue weighted by Crippen LogP contribution is 2.17. The monoisotopic (exact) mass is 410 g/mol. The zero-order valence-corrected chi connectivity index (χ0v) is 15.4. The smallest absolute Gasteiger partial charge is 0.193 e. The van der Waals surface area contributed by atoms with Crippen molar-refractivity contribution in [2.45, 2.75) is 19.9 Å². The number of guanidine groups is 1. The molecule has 1 aliphatic rings. The van der Waals surface area contributed by atoms with Crippen LogP contribution in [0.4, 0.5) is 0 Å². The van der Waals surface area contributed by atoms with Crippen LogP contribution in [0.2, 0.25) is 0 Å². The molecule has 0 radical (unpaired) electrons. The van der Waals surface area contributed by atoms with E-state index in [1.165, 1.54) is 11.3 Å². The Balaban J connectivity index is 0.00000200. The first-order valence-corrected chi connectivity index (χ1v) is 7.46. The summed E-state index contributed by atoms with van der Waals surface area (Å²) in [6.07, 6.45) is 1.17. The lowest BCUT2D eigenvalue weighted by Crippen LogP contribution is -2.39. The number of ether oxygens (including phenoxy) is 1. The summed E-state index contributed by atoms with van der Waals surface area (Å²) in [4.78, 5) is 12.2. The lowest BCUT2D eigenvalue weighted by atomic mass is 10.1. The van der Waals surface area contributed by atoms with Gasteiger partial charge < -0.3 is 15.0 Å². The van der Waals surface area contributed by atoms with Crippen LogP contribution in [0.1, 0.15) is 17.0 Å². The number of nitrogens with one attached hydrogen (secondary N) is 1. The molecule has 1 saturated heterocycles. The van der Waals surface area contributed by atoms with Crippen molar-refractivity contribution in [3.63, 3.8) is 0 Å². The topological polar surface area (TPSA) is 49.8 Å². The Labute approximate surface area is 141 Å². The maximum Gasteiger partial charge on any atom is 0.193 e. The fourth-order valence-electron chi connectivity index (χ4n) is 2.38. The van der Waals surface area contributed by atoms with Gasteiger partial charge in [0, 0.05) is 38.0 Å². The first-order chi connectivity index (χ1) is 9.24. The number of nitrogens with zero attached hydrogens (tertiary/aromatic N) is 3. The lowest BCUT2D eigenvalue weighted by Gasteiger charge is -2.21. The molecule has 20 heavy (non-hydrogen) atoms. The second-order valence-electron chi connectivity index (χ2n) is 4.82. The third kappa shape index (κ3) is 4.56. The van der Waals surface area contributed by atoms with E-state index in [4.69, 9.17) is 4.74 Å². The van der Waals surface area contributed by atoms with Crippen LogP contribution in [0.5, 0.6) is 0 Å². The number of aliphatic imine (C=N–C) groups is 1. The summed E-state index contributed by atoms with van der Waals surface area (Å²) in [6.45, 7) is 5.75. The number of halogens is 1. The van der Waals surface area contributed by atoms with Crippen LogP contribution < -0.4 is 5.32 Å². The number of thiazole rings is 1. The van der Waals surface area contributed by atoms with Gasteiger partial charge in [0.1, 0.15) is 0 Å². The van der Waals surface area contributed by atoms with E-state index < -0.39 is 0 Å². The Hall–Kier alpha value is -0.410. The van der Waals surface area contributed by atoms with Gasteiger partial charge in [0.25, 0.3) is 0 Å². The molecule has 1 aliphatic heterocycles. The van der Waals surface area contributed by atoms with E-state index in [1.807, 2.05) is 19.5 Å². The molecular formula is C13H23IN4OS. The van der Waals surface area contributed by atoms with E-state index in [1.54, 1.807) is 18.4 Å². The number of rotatable bonds is 4. The first-order valence-electron chi connectivity index (χ1n) is 6.58. The highest BCUT2D eigenvalue weighted by Gasteiger charge is 2.24. The van der Waals surface area contributed by atoms with E-state index in [-0.39, 0.29) is 24.0 Å². The molecule has 0 aliphatic carbocycles. The SMILES string of the molecule is CN=C(NCc1scnc1C)N1CCC(COC)C1.I. The quantitative estimate of drug-likeness (QED) is 0.470. The zero-order chi connectivity index (χ0) is 13.7. The van der Waals surface area contributed by atoms with Crippen molar-refractivity contribution in [2.24, 2.45) is 10.9 Å². The van der Waals surface area contributed by atoms with Crippen LogP contribution >= 0.6 is 35.3 Å². The van der Waals surface area contributed by atoms with Crippen LogP contribution in [-0.2, 0) is 11.3 Å². The van der Waals surface area contributed by atoms with E-state index in [2.05, 4.69) is 20.2 Å². The lowest BCUT2D eigenvalue weighted by molar-refractivity contribution is 0.157. The molecule has 5 nitrogen and oxygen atoms in total. The van der Waals surface area contributed by atoms with Crippen LogP contribution in [-0.4, -0.2) is 49.7 Å². The average Bonchev–Trinajstić information content (AvgIpc) is 3.01. The Morgan fingerprint density at radius 2 is 2.45 bits per heavy atom. The van der Waals surface area contributed by atoms with Crippen LogP contribution in [0.3, 0.4) is 0 Å². The van der Waals surface area contributed by atoms with Crippen molar-refractivity contribution in [3.05, 3.63) is 16.1 Å². The molecular weight excluding hydrogens is 387 g/mol. The number of methoxy groups -OCH3 is 1. The first kappa shape index (κ1) is 17.6. The van der Waals surface area contributed by atoms with Crippen molar-refractivity contribution in [1.82, 2.24) is 15.2 Å². The summed E-state index contributed by atoms with van der Waals surface area (Å²) < 4.78 is 5.23. The van der Waals surface area contributed by atoms with Gasteiger partial charge in [0.05, 0.1) is 24.4 Å². The number of likely N-dealkylation sites (tertiary alicyclic amines) is 1. The van der Waals surface area contributed by atoms with Crippen LogP contribution in [0.25, 0.3) is 0 Å². The summed E-state index contributed by atoms with van der Waals surface area (Å²) >= 11 is 1.69. The molecule has 0 amide bonds. The highest BCUT2D eigenvalue weighted by atomic mass is 127.